The Labute approximate surface area is 127 Å². The lowest BCUT2D eigenvalue weighted by atomic mass is 10.1. The highest BCUT2D eigenvalue weighted by molar-refractivity contribution is 5.86. The van der Waals surface area contributed by atoms with Gasteiger partial charge < -0.3 is 14.6 Å². The summed E-state index contributed by atoms with van der Waals surface area (Å²) < 4.78 is 10.4. The molecule has 5 heteroatoms. The molecule has 0 radical (unpaired) electrons. The number of nitrogens with zero attached hydrogens (tertiary/aromatic N) is 1. The SMILES string of the molecule is COc1cccc(CNC(=O)Cc2noc3ccccc23)c1. The minimum Gasteiger partial charge on any atom is -0.497 e. The summed E-state index contributed by atoms with van der Waals surface area (Å²) in [6.07, 6.45) is 0.195. The molecule has 1 aromatic heterocycles. The Balaban J connectivity index is 1.63. The molecule has 0 bridgehead atoms. The van der Waals surface area contributed by atoms with Crippen LogP contribution in [0.3, 0.4) is 0 Å². The first-order valence-electron chi connectivity index (χ1n) is 6.99. The Kier molecular flexibility index (Phi) is 4.05. The molecule has 0 aliphatic heterocycles. The molecule has 22 heavy (non-hydrogen) atoms. The number of nitrogens with one attached hydrogen (secondary N) is 1. The second-order valence-corrected chi connectivity index (χ2v) is 4.93. The van der Waals surface area contributed by atoms with Gasteiger partial charge in [-0.15, -0.1) is 0 Å². The Morgan fingerprint density at radius 3 is 2.95 bits per heavy atom. The molecule has 1 heterocycles. The van der Waals surface area contributed by atoms with E-state index in [0.29, 0.717) is 17.8 Å². The maximum absolute atomic E-state index is 12.1. The molecule has 3 rings (SSSR count). The number of hydrogen-bond donors (Lipinski definition) is 1. The van der Waals surface area contributed by atoms with Crippen molar-refractivity contribution in [3.8, 4) is 5.75 Å². The van der Waals surface area contributed by atoms with Crippen molar-refractivity contribution in [2.75, 3.05) is 7.11 Å². The second-order valence-electron chi connectivity index (χ2n) is 4.93. The Morgan fingerprint density at radius 2 is 2.09 bits per heavy atom. The summed E-state index contributed by atoms with van der Waals surface area (Å²) >= 11 is 0. The average Bonchev–Trinajstić information content (AvgIpc) is 2.96. The monoisotopic (exact) mass is 296 g/mol. The smallest absolute Gasteiger partial charge is 0.226 e. The zero-order valence-corrected chi connectivity index (χ0v) is 12.2. The average molecular weight is 296 g/mol. The zero-order valence-electron chi connectivity index (χ0n) is 12.2. The summed E-state index contributed by atoms with van der Waals surface area (Å²) in [5.74, 6) is 0.677. The summed E-state index contributed by atoms with van der Waals surface area (Å²) in [4.78, 5) is 12.1. The molecule has 1 N–H and O–H groups in total. The maximum Gasteiger partial charge on any atom is 0.226 e. The standard InChI is InChI=1S/C17H16N2O3/c1-21-13-6-4-5-12(9-13)11-18-17(20)10-15-14-7-2-3-8-16(14)22-19-15/h2-9H,10-11H2,1H3,(H,18,20). The number of fused-ring (bicyclic) bond motifs is 1. The summed E-state index contributed by atoms with van der Waals surface area (Å²) in [6, 6.07) is 15.1. The van der Waals surface area contributed by atoms with Gasteiger partial charge in [0.25, 0.3) is 0 Å². The van der Waals surface area contributed by atoms with Gasteiger partial charge in [-0.05, 0) is 29.8 Å². The van der Waals surface area contributed by atoms with E-state index >= 15 is 0 Å². The number of carbonyl (C=O) groups is 1. The number of para-hydroxylation sites is 1. The highest BCUT2D eigenvalue weighted by Crippen LogP contribution is 2.18. The molecule has 112 valence electrons. The van der Waals surface area contributed by atoms with Gasteiger partial charge in [0.15, 0.2) is 5.58 Å². The molecule has 0 saturated heterocycles. The Bertz CT molecular complexity index is 795. The summed E-state index contributed by atoms with van der Waals surface area (Å²) in [5, 5.41) is 7.71. The van der Waals surface area contributed by atoms with Gasteiger partial charge in [0.05, 0.1) is 13.5 Å². The third-order valence-electron chi connectivity index (χ3n) is 3.40. The van der Waals surface area contributed by atoms with E-state index < -0.39 is 0 Å². The first-order valence-corrected chi connectivity index (χ1v) is 6.99. The predicted octanol–water partition coefficient (Wildman–Crippen LogP) is 2.70. The molecule has 3 aromatic rings. The number of benzene rings is 2. The third kappa shape index (κ3) is 3.09. The van der Waals surface area contributed by atoms with E-state index in [0.717, 1.165) is 16.7 Å². The second kappa shape index (κ2) is 6.30. The van der Waals surface area contributed by atoms with Crippen molar-refractivity contribution < 1.29 is 14.1 Å². The van der Waals surface area contributed by atoms with Crippen molar-refractivity contribution in [3.63, 3.8) is 0 Å². The Hall–Kier alpha value is -2.82. The van der Waals surface area contributed by atoms with E-state index in [9.17, 15) is 4.79 Å². The van der Waals surface area contributed by atoms with E-state index in [1.54, 1.807) is 7.11 Å². The molecular weight excluding hydrogens is 280 g/mol. The molecule has 0 fully saturated rings. The summed E-state index contributed by atoms with van der Waals surface area (Å²) in [7, 11) is 1.62. The van der Waals surface area contributed by atoms with Crippen molar-refractivity contribution in [2.45, 2.75) is 13.0 Å². The molecule has 2 aromatic carbocycles. The molecule has 0 unspecified atom stereocenters. The first-order chi connectivity index (χ1) is 10.8. The van der Waals surface area contributed by atoms with Crippen LogP contribution in [0.15, 0.2) is 53.1 Å². The van der Waals surface area contributed by atoms with Gasteiger partial charge in [0, 0.05) is 11.9 Å². The number of carbonyl (C=O) groups excluding carboxylic acids is 1. The van der Waals surface area contributed by atoms with Crippen LogP contribution in [0.25, 0.3) is 11.0 Å². The van der Waals surface area contributed by atoms with Crippen molar-refractivity contribution in [2.24, 2.45) is 0 Å². The first kappa shape index (κ1) is 14.1. The fourth-order valence-corrected chi connectivity index (χ4v) is 2.26. The van der Waals surface area contributed by atoms with Gasteiger partial charge in [0.1, 0.15) is 11.4 Å². The topological polar surface area (TPSA) is 64.4 Å². The van der Waals surface area contributed by atoms with Crippen molar-refractivity contribution in [1.82, 2.24) is 10.5 Å². The van der Waals surface area contributed by atoms with Crippen LogP contribution in [-0.4, -0.2) is 18.2 Å². The number of rotatable bonds is 5. The van der Waals surface area contributed by atoms with Crippen molar-refractivity contribution >= 4 is 16.9 Å². The van der Waals surface area contributed by atoms with Gasteiger partial charge >= 0.3 is 0 Å². The highest BCUT2D eigenvalue weighted by atomic mass is 16.5. The molecule has 0 aliphatic carbocycles. The van der Waals surface area contributed by atoms with Crippen LogP contribution in [0, 0.1) is 0 Å². The summed E-state index contributed by atoms with van der Waals surface area (Å²) in [6.45, 7) is 0.450. The number of hydrogen-bond acceptors (Lipinski definition) is 4. The number of amides is 1. The van der Waals surface area contributed by atoms with E-state index in [4.69, 9.17) is 9.26 Å². The molecule has 0 saturated carbocycles. The van der Waals surface area contributed by atoms with Crippen LogP contribution in [-0.2, 0) is 17.8 Å². The molecule has 5 nitrogen and oxygen atoms in total. The third-order valence-corrected chi connectivity index (χ3v) is 3.40. The zero-order chi connectivity index (χ0) is 15.4. The molecule has 1 amide bonds. The Morgan fingerprint density at radius 1 is 1.23 bits per heavy atom. The number of ether oxygens (including phenoxy) is 1. The van der Waals surface area contributed by atoms with E-state index in [2.05, 4.69) is 10.5 Å². The normalized spacial score (nSPS) is 10.6. The maximum atomic E-state index is 12.1. The number of methoxy groups -OCH3 is 1. The van der Waals surface area contributed by atoms with E-state index in [1.807, 2.05) is 48.5 Å². The quantitative estimate of drug-likeness (QED) is 0.786. The van der Waals surface area contributed by atoms with Crippen LogP contribution in [0.5, 0.6) is 5.75 Å². The van der Waals surface area contributed by atoms with Gasteiger partial charge in [-0.1, -0.05) is 29.4 Å². The molecule has 0 aliphatic rings. The molecular formula is C17H16N2O3. The van der Waals surface area contributed by atoms with Gasteiger partial charge in [-0.3, -0.25) is 4.79 Å². The molecule has 0 atom stereocenters. The fraction of sp³-hybridized carbons (Fsp3) is 0.176. The van der Waals surface area contributed by atoms with Gasteiger partial charge in [-0.25, -0.2) is 0 Å². The molecule has 0 spiro atoms. The van der Waals surface area contributed by atoms with Gasteiger partial charge in [-0.2, -0.15) is 0 Å². The minimum absolute atomic E-state index is 0.0955. The highest BCUT2D eigenvalue weighted by Gasteiger charge is 2.11. The minimum atomic E-state index is -0.0955. The number of aromatic nitrogens is 1. The summed E-state index contributed by atoms with van der Waals surface area (Å²) in [5.41, 5.74) is 2.33. The largest absolute Gasteiger partial charge is 0.497 e. The van der Waals surface area contributed by atoms with Crippen LogP contribution in [0.4, 0.5) is 0 Å². The van der Waals surface area contributed by atoms with Gasteiger partial charge in [0.2, 0.25) is 5.91 Å². The van der Waals surface area contributed by atoms with Crippen LogP contribution >= 0.6 is 0 Å². The fourth-order valence-electron chi connectivity index (χ4n) is 2.26. The lowest BCUT2D eigenvalue weighted by Gasteiger charge is -2.06. The van der Waals surface area contributed by atoms with Crippen LogP contribution < -0.4 is 10.1 Å². The van der Waals surface area contributed by atoms with E-state index in [-0.39, 0.29) is 12.3 Å². The van der Waals surface area contributed by atoms with Crippen LogP contribution in [0.2, 0.25) is 0 Å². The lowest BCUT2D eigenvalue weighted by molar-refractivity contribution is -0.120. The van der Waals surface area contributed by atoms with Crippen LogP contribution in [0.1, 0.15) is 11.3 Å². The van der Waals surface area contributed by atoms with E-state index in [1.165, 1.54) is 0 Å². The van der Waals surface area contributed by atoms with Crippen molar-refractivity contribution in [3.05, 3.63) is 59.8 Å². The van der Waals surface area contributed by atoms with Crippen molar-refractivity contribution in [1.29, 1.82) is 0 Å². The lowest BCUT2D eigenvalue weighted by Crippen LogP contribution is -2.24. The predicted molar refractivity (Wildman–Crippen MR) is 82.6 cm³/mol.